The largest absolute Gasteiger partial charge is 0.394 e. The molecule has 1 radical (unpaired) electrons. The molecule has 0 spiro atoms. The topological polar surface area (TPSA) is 90.2 Å². The maximum atomic E-state index is 9.84. The van der Waals surface area contributed by atoms with Gasteiger partial charge in [0.15, 0.2) is 0 Å². The van der Waals surface area contributed by atoms with Gasteiger partial charge < -0.3 is 25.2 Å². The lowest BCUT2D eigenvalue weighted by Gasteiger charge is -2.40. The van der Waals surface area contributed by atoms with Gasteiger partial charge in [0.05, 0.1) is 6.61 Å². The molecule has 0 unspecified atom stereocenters. The molecule has 1 saturated heterocycles. The molecule has 17 heavy (non-hydrogen) atoms. The molecule has 0 saturated carbocycles. The molecule has 0 amide bonds. The fourth-order valence-electron chi connectivity index (χ4n) is 1.94. The molecule has 5 atom stereocenters. The number of ether oxygens (including phenoxy) is 1. The van der Waals surface area contributed by atoms with Crippen molar-refractivity contribution in [2.24, 2.45) is 0 Å². The van der Waals surface area contributed by atoms with Crippen LogP contribution in [0.15, 0.2) is 24.3 Å². The van der Waals surface area contributed by atoms with Crippen LogP contribution >= 0.6 is 0 Å². The van der Waals surface area contributed by atoms with Crippen LogP contribution in [0.3, 0.4) is 0 Å². The SMILES string of the molecule is OC[C@H]1O[C@@H](c2[c]cccc2)[C@H](O)[C@@H](O)[C@@H]1O. The van der Waals surface area contributed by atoms with Crippen molar-refractivity contribution in [2.75, 3.05) is 6.61 Å². The van der Waals surface area contributed by atoms with Crippen LogP contribution in [0.5, 0.6) is 0 Å². The van der Waals surface area contributed by atoms with Crippen molar-refractivity contribution in [3.8, 4) is 0 Å². The Morgan fingerprint density at radius 2 is 1.88 bits per heavy atom. The molecule has 1 fully saturated rings. The Kier molecular flexibility index (Phi) is 3.76. The summed E-state index contributed by atoms with van der Waals surface area (Å²) in [5.41, 5.74) is 0.574. The summed E-state index contributed by atoms with van der Waals surface area (Å²) in [4.78, 5) is 0. The third kappa shape index (κ3) is 2.34. The van der Waals surface area contributed by atoms with E-state index in [4.69, 9.17) is 9.84 Å². The molecule has 1 heterocycles. The average molecular weight is 239 g/mol. The number of rotatable bonds is 2. The third-order valence-corrected chi connectivity index (χ3v) is 2.93. The van der Waals surface area contributed by atoms with E-state index in [2.05, 4.69) is 6.07 Å². The van der Waals surface area contributed by atoms with Gasteiger partial charge in [-0.1, -0.05) is 24.3 Å². The molecule has 0 bridgehead atoms. The first-order chi connectivity index (χ1) is 8.15. The van der Waals surface area contributed by atoms with Crippen molar-refractivity contribution >= 4 is 0 Å². The first-order valence-corrected chi connectivity index (χ1v) is 5.42. The van der Waals surface area contributed by atoms with Gasteiger partial charge in [-0.15, -0.1) is 0 Å². The summed E-state index contributed by atoms with van der Waals surface area (Å²) in [6.07, 6.45) is -5.60. The Labute approximate surface area is 98.9 Å². The van der Waals surface area contributed by atoms with Crippen LogP contribution in [0.4, 0.5) is 0 Å². The van der Waals surface area contributed by atoms with Crippen LogP contribution in [0.25, 0.3) is 0 Å². The van der Waals surface area contributed by atoms with Crippen LogP contribution < -0.4 is 0 Å². The number of hydrogen-bond acceptors (Lipinski definition) is 5. The molecule has 5 nitrogen and oxygen atoms in total. The van der Waals surface area contributed by atoms with E-state index >= 15 is 0 Å². The van der Waals surface area contributed by atoms with E-state index in [9.17, 15) is 15.3 Å². The fourth-order valence-corrected chi connectivity index (χ4v) is 1.94. The molecule has 1 aromatic rings. The van der Waals surface area contributed by atoms with Crippen LogP contribution in [0.1, 0.15) is 11.7 Å². The quantitative estimate of drug-likeness (QED) is 0.531. The third-order valence-electron chi connectivity index (χ3n) is 2.93. The highest BCUT2D eigenvalue weighted by Crippen LogP contribution is 2.31. The van der Waals surface area contributed by atoms with Gasteiger partial charge in [0, 0.05) is 0 Å². The Hall–Kier alpha value is -0.980. The van der Waals surface area contributed by atoms with Crippen LogP contribution in [0.2, 0.25) is 0 Å². The number of benzene rings is 1. The van der Waals surface area contributed by atoms with Gasteiger partial charge in [0.25, 0.3) is 0 Å². The second kappa shape index (κ2) is 5.12. The summed E-state index contributed by atoms with van der Waals surface area (Å²) in [6.45, 7) is -0.422. The lowest BCUT2D eigenvalue weighted by Crippen LogP contribution is -2.55. The Morgan fingerprint density at radius 1 is 1.12 bits per heavy atom. The van der Waals surface area contributed by atoms with E-state index in [1.807, 2.05) is 0 Å². The molecule has 2 rings (SSSR count). The average Bonchev–Trinajstić information content (AvgIpc) is 2.37. The number of aliphatic hydroxyl groups excluding tert-OH is 4. The van der Waals surface area contributed by atoms with Gasteiger partial charge in [-0.2, -0.15) is 0 Å². The fraction of sp³-hybridized carbons (Fsp3) is 0.500. The van der Waals surface area contributed by atoms with Gasteiger partial charge in [-0.3, -0.25) is 0 Å². The minimum atomic E-state index is -1.35. The van der Waals surface area contributed by atoms with E-state index in [0.717, 1.165) is 0 Å². The molecule has 4 N–H and O–H groups in total. The van der Waals surface area contributed by atoms with Crippen molar-refractivity contribution in [2.45, 2.75) is 30.5 Å². The zero-order chi connectivity index (χ0) is 12.4. The zero-order valence-electron chi connectivity index (χ0n) is 9.10. The first-order valence-electron chi connectivity index (χ1n) is 5.42. The van der Waals surface area contributed by atoms with Gasteiger partial charge in [-0.05, 0) is 11.6 Å². The predicted octanol–water partition coefficient (Wildman–Crippen LogP) is -0.998. The number of aliphatic hydroxyl groups is 4. The van der Waals surface area contributed by atoms with E-state index < -0.39 is 37.1 Å². The minimum absolute atomic E-state index is 0.422. The second-order valence-electron chi connectivity index (χ2n) is 4.07. The summed E-state index contributed by atoms with van der Waals surface area (Å²) in [5, 5.41) is 38.1. The highest BCUT2D eigenvalue weighted by Gasteiger charge is 2.43. The van der Waals surface area contributed by atoms with Gasteiger partial charge in [-0.25, -0.2) is 0 Å². The Bertz CT molecular complexity index is 353. The van der Waals surface area contributed by atoms with Crippen LogP contribution in [-0.2, 0) is 4.74 Å². The first kappa shape index (κ1) is 12.5. The van der Waals surface area contributed by atoms with Gasteiger partial charge >= 0.3 is 0 Å². The maximum Gasteiger partial charge on any atom is 0.113 e. The van der Waals surface area contributed by atoms with E-state index in [-0.39, 0.29) is 0 Å². The van der Waals surface area contributed by atoms with E-state index in [0.29, 0.717) is 5.56 Å². The highest BCUT2D eigenvalue weighted by molar-refractivity contribution is 5.19. The monoisotopic (exact) mass is 239 g/mol. The summed E-state index contributed by atoms with van der Waals surface area (Å²) in [7, 11) is 0. The molecule has 0 aromatic heterocycles. The predicted molar refractivity (Wildman–Crippen MR) is 58.0 cm³/mol. The van der Waals surface area contributed by atoms with Crippen molar-refractivity contribution in [1.29, 1.82) is 0 Å². The van der Waals surface area contributed by atoms with Gasteiger partial charge in [0.2, 0.25) is 0 Å². The van der Waals surface area contributed by atoms with E-state index in [1.165, 1.54) is 0 Å². The Morgan fingerprint density at radius 3 is 2.47 bits per heavy atom. The second-order valence-corrected chi connectivity index (χ2v) is 4.07. The normalized spacial score (nSPS) is 38.0. The molecule has 5 heteroatoms. The van der Waals surface area contributed by atoms with Gasteiger partial charge in [0.1, 0.15) is 30.5 Å². The molecule has 0 aliphatic carbocycles. The van der Waals surface area contributed by atoms with Crippen molar-refractivity contribution in [1.82, 2.24) is 0 Å². The molecule has 1 aliphatic rings. The summed E-state index contributed by atoms with van der Waals surface area (Å²) in [6, 6.07) is 9.78. The molecular formula is C12H15O5. The molecule has 1 aliphatic heterocycles. The number of hydrogen-bond donors (Lipinski definition) is 4. The molecule has 93 valence electrons. The lowest BCUT2D eigenvalue weighted by atomic mass is 9.91. The zero-order valence-corrected chi connectivity index (χ0v) is 9.10. The van der Waals surface area contributed by atoms with Crippen molar-refractivity contribution in [3.63, 3.8) is 0 Å². The smallest absolute Gasteiger partial charge is 0.113 e. The van der Waals surface area contributed by atoms with Crippen LogP contribution in [-0.4, -0.2) is 51.4 Å². The highest BCUT2D eigenvalue weighted by atomic mass is 16.5. The summed E-state index contributed by atoms with van der Waals surface area (Å²) in [5.74, 6) is 0. The van der Waals surface area contributed by atoms with E-state index in [1.54, 1.807) is 24.3 Å². The van der Waals surface area contributed by atoms with Crippen molar-refractivity contribution < 1.29 is 25.2 Å². The summed E-state index contributed by atoms with van der Waals surface area (Å²) >= 11 is 0. The minimum Gasteiger partial charge on any atom is -0.394 e. The van der Waals surface area contributed by atoms with Crippen molar-refractivity contribution in [3.05, 3.63) is 35.9 Å². The lowest BCUT2D eigenvalue weighted by molar-refractivity contribution is -0.231. The van der Waals surface area contributed by atoms with Crippen LogP contribution in [0, 0.1) is 6.07 Å². The maximum absolute atomic E-state index is 9.84. The Balaban J connectivity index is 2.23. The standard InChI is InChI=1S/C12H15O5/c13-6-8-9(14)10(15)11(16)12(17-8)7-4-2-1-3-5-7/h1-4,8-16H,6H2/t8-,9-,10+,11-,12+/m1/s1. The molecular weight excluding hydrogens is 224 g/mol. The molecule has 1 aromatic carbocycles. The summed E-state index contributed by atoms with van der Waals surface area (Å²) < 4.78 is 5.38.